The summed E-state index contributed by atoms with van der Waals surface area (Å²) in [4.78, 5) is 6.92. The van der Waals surface area contributed by atoms with E-state index in [1.54, 1.807) is 7.11 Å². The lowest BCUT2D eigenvalue weighted by atomic mass is 10.1. The van der Waals surface area contributed by atoms with Gasteiger partial charge in [0.1, 0.15) is 0 Å². The molecule has 0 heterocycles. The molecule has 0 saturated heterocycles. The lowest BCUT2D eigenvalue weighted by Crippen LogP contribution is -2.47. The summed E-state index contributed by atoms with van der Waals surface area (Å²) in [5.74, 6) is 7.13. The molecule has 0 aromatic carbocycles. The van der Waals surface area contributed by atoms with Crippen molar-refractivity contribution in [3.63, 3.8) is 0 Å². The monoisotopic (exact) mass is 256 g/mol. The number of ether oxygens (including phenoxy) is 1. The zero-order valence-electron chi connectivity index (χ0n) is 12.1. The van der Waals surface area contributed by atoms with Gasteiger partial charge in [0.25, 0.3) is 0 Å². The van der Waals surface area contributed by atoms with Crippen molar-refractivity contribution in [3.05, 3.63) is 0 Å². The van der Waals surface area contributed by atoms with Crippen LogP contribution in [0.1, 0.15) is 40.0 Å². The zero-order valence-corrected chi connectivity index (χ0v) is 12.1. The minimum absolute atomic E-state index is 0.126. The van der Waals surface area contributed by atoms with Crippen LogP contribution in [-0.2, 0) is 4.74 Å². The van der Waals surface area contributed by atoms with Gasteiger partial charge in [0.2, 0.25) is 5.96 Å². The van der Waals surface area contributed by atoms with Crippen LogP contribution in [0.5, 0.6) is 0 Å². The normalized spacial score (nSPS) is 18.0. The predicted molar refractivity (Wildman–Crippen MR) is 75.3 cm³/mol. The highest BCUT2D eigenvalue weighted by Crippen LogP contribution is 2.27. The van der Waals surface area contributed by atoms with Crippen molar-refractivity contribution in [3.8, 4) is 0 Å². The largest absolute Gasteiger partial charge is 0.382 e. The molecule has 0 aromatic rings. The minimum Gasteiger partial charge on any atom is -0.382 e. The van der Waals surface area contributed by atoms with Gasteiger partial charge in [-0.2, -0.15) is 0 Å². The van der Waals surface area contributed by atoms with E-state index in [9.17, 15) is 0 Å². The summed E-state index contributed by atoms with van der Waals surface area (Å²) < 4.78 is 5.11. The molecule has 106 valence electrons. The zero-order chi connectivity index (χ0) is 13.5. The Morgan fingerprint density at radius 3 is 2.56 bits per heavy atom. The summed E-state index contributed by atoms with van der Waals surface area (Å²) in [6, 6.07) is 0.745. The number of nitrogens with zero attached hydrogens (tertiary/aromatic N) is 2. The third-order valence-electron chi connectivity index (χ3n) is 3.09. The number of aliphatic imine (C=N–C) groups is 1. The third-order valence-corrected chi connectivity index (χ3v) is 3.09. The van der Waals surface area contributed by atoms with E-state index >= 15 is 0 Å². The number of guanidine groups is 1. The van der Waals surface area contributed by atoms with Crippen LogP contribution in [0.15, 0.2) is 4.99 Å². The molecular weight excluding hydrogens is 228 g/mol. The highest BCUT2D eigenvalue weighted by atomic mass is 16.5. The summed E-state index contributed by atoms with van der Waals surface area (Å²) >= 11 is 0. The van der Waals surface area contributed by atoms with Crippen molar-refractivity contribution < 1.29 is 4.74 Å². The van der Waals surface area contributed by atoms with Gasteiger partial charge < -0.3 is 9.64 Å². The molecule has 1 unspecified atom stereocenters. The molecular formula is C13H28N4O. The molecule has 5 heteroatoms. The van der Waals surface area contributed by atoms with Crippen molar-refractivity contribution in [1.29, 1.82) is 0 Å². The number of nitrogens with one attached hydrogen (secondary N) is 1. The average Bonchev–Trinajstić information content (AvgIpc) is 3.12. The number of hydrazine groups is 1. The Morgan fingerprint density at radius 1 is 1.44 bits per heavy atom. The Kier molecular flexibility index (Phi) is 6.43. The number of hydrogen-bond donors (Lipinski definition) is 2. The Morgan fingerprint density at radius 2 is 2.11 bits per heavy atom. The SMILES string of the molecule is COCC(C)N=C(NN)N(CCC(C)C)C1CC1. The Bertz CT molecular complexity index is 264. The average molecular weight is 256 g/mol. The van der Waals surface area contributed by atoms with E-state index in [1.165, 1.54) is 12.8 Å². The highest BCUT2D eigenvalue weighted by Gasteiger charge is 2.31. The fraction of sp³-hybridized carbons (Fsp3) is 0.923. The molecule has 0 bridgehead atoms. The second-order valence-electron chi connectivity index (χ2n) is 5.51. The van der Waals surface area contributed by atoms with E-state index in [0.29, 0.717) is 18.6 Å². The first-order chi connectivity index (χ1) is 8.58. The van der Waals surface area contributed by atoms with E-state index in [-0.39, 0.29) is 6.04 Å². The first-order valence-corrected chi connectivity index (χ1v) is 6.88. The Balaban J connectivity index is 2.61. The first kappa shape index (κ1) is 15.2. The number of methoxy groups -OCH3 is 1. The second-order valence-corrected chi connectivity index (χ2v) is 5.51. The molecule has 1 aliphatic carbocycles. The molecule has 0 radical (unpaired) electrons. The second kappa shape index (κ2) is 7.59. The maximum Gasteiger partial charge on any atom is 0.208 e. The quantitative estimate of drug-likeness (QED) is 0.312. The molecule has 1 saturated carbocycles. The van der Waals surface area contributed by atoms with Crippen molar-refractivity contribution in [2.75, 3.05) is 20.3 Å². The van der Waals surface area contributed by atoms with Gasteiger partial charge in [-0.1, -0.05) is 13.8 Å². The van der Waals surface area contributed by atoms with Gasteiger partial charge in [0, 0.05) is 19.7 Å². The fourth-order valence-electron chi connectivity index (χ4n) is 1.93. The van der Waals surface area contributed by atoms with Crippen LogP contribution in [0, 0.1) is 5.92 Å². The summed E-state index contributed by atoms with van der Waals surface area (Å²) in [5, 5.41) is 0. The van der Waals surface area contributed by atoms with Gasteiger partial charge in [0.15, 0.2) is 0 Å². The minimum atomic E-state index is 0.126. The molecule has 0 aromatic heterocycles. The molecule has 1 aliphatic rings. The van der Waals surface area contributed by atoms with Crippen LogP contribution in [-0.4, -0.2) is 43.2 Å². The third kappa shape index (κ3) is 5.23. The maximum atomic E-state index is 5.63. The number of hydrogen-bond acceptors (Lipinski definition) is 3. The summed E-state index contributed by atoms with van der Waals surface area (Å²) in [6.07, 6.45) is 3.66. The van der Waals surface area contributed by atoms with Gasteiger partial charge in [0.05, 0.1) is 12.6 Å². The fourth-order valence-corrected chi connectivity index (χ4v) is 1.93. The molecule has 18 heavy (non-hydrogen) atoms. The lowest BCUT2D eigenvalue weighted by Gasteiger charge is -2.27. The molecule has 1 rings (SSSR count). The van der Waals surface area contributed by atoms with E-state index in [4.69, 9.17) is 10.6 Å². The van der Waals surface area contributed by atoms with Gasteiger partial charge in [-0.05, 0) is 32.1 Å². The molecule has 3 N–H and O–H groups in total. The molecule has 1 atom stereocenters. The number of nitrogens with two attached hydrogens (primary N) is 1. The van der Waals surface area contributed by atoms with Crippen LogP contribution in [0.3, 0.4) is 0 Å². The molecule has 0 amide bonds. The van der Waals surface area contributed by atoms with E-state index < -0.39 is 0 Å². The van der Waals surface area contributed by atoms with Gasteiger partial charge in [-0.3, -0.25) is 5.43 Å². The van der Waals surface area contributed by atoms with Crippen molar-refractivity contribution in [2.45, 2.75) is 52.1 Å². The topological polar surface area (TPSA) is 62.9 Å². The standard InChI is InChI=1S/C13H28N4O/c1-10(2)7-8-17(12-5-6-12)13(16-14)15-11(3)9-18-4/h10-12H,5-9,14H2,1-4H3,(H,15,16). The molecule has 5 nitrogen and oxygen atoms in total. The van der Waals surface area contributed by atoms with Crippen LogP contribution in [0.25, 0.3) is 0 Å². The number of rotatable bonds is 7. The van der Waals surface area contributed by atoms with Crippen molar-refractivity contribution in [2.24, 2.45) is 16.8 Å². The predicted octanol–water partition coefficient (Wildman–Crippen LogP) is 1.35. The summed E-state index contributed by atoms with van der Waals surface area (Å²) in [5.41, 5.74) is 2.76. The summed E-state index contributed by atoms with van der Waals surface area (Å²) in [7, 11) is 1.69. The van der Waals surface area contributed by atoms with E-state index in [1.807, 2.05) is 6.92 Å². The smallest absolute Gasteiger partial charge is 0.208 e. The van der Waals surface area contributed by atoms with Gasteiger partial charge in [-0.15, -0.1) is 0 Å². The first-order valence-electron chi connectivity index (χ1n) is 6.88. The molecule has 1 fully saturated rings. The van der Waals surface area contributed by atoms with E-state index in [0.717, 1.165) is 18.9 Å². The van der Waals surface area contributed by atoms with Crippen LogP contribution in [0.4, 0.5) is 0 Å². The highest BCUT2D eigenvalue weighted by molar-refractivity contribution is 5.80. The Hall–Kier alpha value is -0.810. The lowest BCUT2D eigenvalue weighted by molar-refractivity contribution is 0.185. The molecule has 0 aliphatic heterocycles. The van der Waals surface area contributed by atoms with Crippen LogP contribution in [0.2, 0.25) is 0 Å². The maximum absolute atomic E-state index is 5.63. The van der Waals surface area contributed by atoms with Gasteiger partial charge in [-0.25, -0.2) is 10.8 Å². The van der Waals surface area contributed by atoms with Crippen LogP contribution < -0.4 is 11.3 Å². The van der Waals surface area contributed by atoms with Gasteiger partial charge >= 0.3 is 0 Å². The molecule has 0 spiro atoms. The Labute approximate surface area is 111 Å². The van der Waals surface area contributed by atoms with E-state index in [2.05, 4.69) is 29.2 Å². The van der Waals surface area contributed by atoms with Crippen LogP contribution >= 0.6 is 0 Å². The van der Waals surface area contributed by atoms with Crippen molar-refractivity contribution >= 4 is 5.96 Å². The summed E-state index contributed by atoms with van der Waals surface area (Å²) in [6.45, 7) is 8.16. The van der Waals surface area contributed by atoms with Crippen molar-refractivity contribution in [1.82, 2.24) is 10.3 Å².